The SMILES string of the molecule is CCc1cnn2c(-c3ccccc3)cc3cc(OC)c(OC)cc3c12. The van der Waals surface area contributed by atoms with Gasteiger partial charge in [-0.1, -0.05) is 37.3 Å². The summed E-state index contributed by atoms with van der Waals surface area (Å²) in [5.74, 6) is 1.46. The fourth-order valence-corrected chi connectivity index (χ4v) is 3.35. The molecule has 0 saturated heterocycles. The average Bonchev–Trinajstić information content (AvgIpc) is 3.11. The van der Waals surface area contributed by atoms with Gasteiger partial charge in [0.25, 0.3) is 0 Å². The molecule has 25 heavy (non-hydrogen) atoms. The number of rotatable bonds is 4. The van der Waals surface area contributed by atoms with Crippen LogP contribution in [0.25, 0.3) is 27.5 Å². The Labute approximate surface area is 146 Å². The molecule has 0 radical (unpaired) electrons. The van der Waals surface area contributed by atoms with Crippen LogP contribution in [-0.4, -0.2) is 23.8 Å². The molecule has 126 valence electrons. The van der Waals surface area contributed by atoms with E-state index < -0.39 is 0 Å². The van der Waals surface area contributed by atoms with Crippen LogP contribution in [0.1, 0.15) is 12.5 Å². The number of ether oxygens (including phenoxy) is 2. The van der Waals surface area contributed by atoms with Gasteiger partial charge in [-0.3, -0.25) is 0 Å². The highest BCUT2D eigenvalue weighted by Crippen LogP contribution is 2.37. The zero-order valence-corrected chi connectivity index (χ0v) is 14.6. The van der Waals surface area contributed by atoms with Crippen LogP contribution in [0, 0.1) is 0 Å². The number of benzene rings is 2. The van der Waals surface area contributed by atoms with Gasteiger partial charge in [0.15, 0.2) is 11.5 Å². The molecule has 0 spiro atoms. The van der Waals surface area contributed by atoms with Gasteiger partial charge in [0.05, 0.1) is 31.6 Å². The minimum atomic E-state index is 0.729. The lowest BCUT2D eigenvalue weighted by molar-refractivity contribution is 0.356. The first-order valence-corrected chi connectivity index (χ1v) is 8.37. The van der Waals surface area contributed by atoms with E-state index in [-0.39, 0.29) is 0 Å². The summed E-state index contributed by atoms with van der Waals surface area (Å²) in [6, 6.07) is 16.6. The molecule has 4 aromatic rings. The number of nitrogens with zero attached hydrogens (tertiary/aromatic N) is 2. The van der Waals surface area contributed by atoms with Crippen LogP contribution in [0.2, 0.25) is 0 Å². The molecule has 4 heteroatoms. The van der Waals surface area contributed by atoms with Crippen molar-refractivity contribution < 1.29 is 9.47 Å². The van der Waals surface area contributed by atoms with E-state index in [1.54, 1.807) is 14.2 Å². The van der Waals surface area contributed by atoms with Crippen LogP contribution in [0.5, 0.6) is 11.5 Å². The molecule has 2 aromatic heterocycles. The van der Waals surface area contributed by atoms with Gasteiger partial charge in [-0.05, 0) is 35.6 Å². The maximum Gasteiger partial charge on any atom is 0.161 e. The first kappa shape index (κ1) is 15.5. The predicted molar refractivity (Wildman–Crippen MR) is 101 cm³/mol. The monoisotopic (exact) mass is 332 g/mol. The molecular formula is C21H20N2O2. The van der Waals surface area contributed by atoms with Crippen molar-refractivity contribution in [3.8, 4) is 22.8 Å². The molecular weight excluding hydrogens is 312 g/mol. The largest absolute Gasteiger partial charge is 0.493 e. The smallest absolute Gasteiger partial charge is 0.161 e. The average molecular weight is 332 g/mol. The molecule has 2 aromatic carbocycles. The number of fused-ring (bicyclic) bond motifs is 3. The molecule has 4 nitrogen and oxygen atoms in total. The zero-order valence-electron chi connectivity index (χ0n) is 14.6. The van der Waals surface area contributed by atoms with Gasteiger partial charge in [-0.2, -0.15) is 5.10 Å². The van der Waals surface area contributed by atoms with Crippen molar-refractivity contribution in [3.63, 3.8) is 0 Å². The van der Waals surface area contributed by atoms with E-state index in [1.807, 2.05) is 41.0 Å². The molecule has 0 unspecified atom stereocenters. The minimum absolute atomic E-state index is 0.729. The molecule has 0 N–H and O–H groups in total. The van der Waals surface area contributed by atoms with Crippen LogP contribution in [0.4, 0.5) is 0 Å². The standard InChI is InChI=1S/C21H20N2O2/c1-4-14-13-22-23-18(15-8-6-5-7-9-15)10-16-11-19(24-2)20(25-3)12-17(16)21(14)23/h5-13H,4H2,1-3H3. The number of hydrogen-bond donors (Lipinski definition) is 0. The molecule has 2 heterocycles. The summed E-state index contributed by atoms with van der Waals surface area (Å²) >= 11 is 0. The van der Waals surface area contributed by atoms with Crippen molar-refractivity contribution in [2.75, 3.05) is 14.2 Å². The Morgan fingerprint density at radius 1 is 0.960 bits per heavy atom. The second kappa shape index (κ2) is 6.13. The third-order valence-electron chi connectivity index (χ3n) is 4.63. The van der Waals surface area contributed by atoms with E-state index in [2.05, 4.69) is 30.2 Å². The van der Waals surface area contributed by atoms with Crippen LogP contribution in [0.3, 0.4) is 0 Å². The van der Waals surface area contributed by atoms with Crippen molar-refractivity contribution in [1.29, 1.82) is 0 Å². The molecule has 0 amide bonds. The molecule has 0 aliphatic carbocycles. The lowest BCUT2D eigenvalue weighted by Gasteiger charge is -2.13. The van der Waals surface area contributed by atoms with E-state index in [0.29, 0.717) is 0 Å². The Morgan fingerprint density at radius 3 is 2.36 bits per heavy atom. The summed E-state index contributed by atoms with van der Waals surface area (Å²) in [4.78, 5) is 0. The second-order valence-corrected chi connectivity index (χ2v) is 5.97. The van der Waals surface area contributed by atoms with Crippen LogP contribution in [0.15, 0.2) is 54.7 Å². The topological polar surface area (TPSA) is 35.8 Å². The van der Waals surface area contributed by atoms with Gasteiger partial charge in [0, 0.05) is 10.9 Å². The number of aryl methyl sites for hydroxylation is 1. The van der Waals surface area contributed by atoms with E-state index in [9.17, 15) is 0 Å². The highest BCUT2D eigenvalue weighted by atomic mass is 16.5. The Hall–Kier alpha value is -3.01. The second-order valence-electron chi connectivity index (χ2n) is 5.97. The quantitative estimate of drug-likeness (QED) is 0.542. The number of methoxy groups -OCH3 is 2. The van der Waals surface area contributed by atoms with E-state index >= 15 is 0 Å². The molecule has 0 aliphatic heterocycles. The Bertz CT molecular complexity index is 1050. The van der Waals surface area contributed by atoms with Gasteiger partial charge in [-0.15, -0.1) is 0 Å². The molecule has 0 saturated carbocycles. The van der Waals surface area contributed by atoms with Gasteiger partial charge in [0.1, 0.15) is 0 Å². The molecule has 4 rings (SSSR count). The van der Waals surface area contributed by atoms with Gasteiger partial charge >= 0.3 is 0 Å². The Kier molecular flexibility index (Phi) is 3.80. The number of pyridine rings is 1. The summed E-state index contributed by atoms with van der Waals surface area (Å²) < 4.78 is 13.0. The molecule has 0 bridgehead atoms. The van der Waals surface area contributed by atoms with E-state index in [4.69, 9.17) is 9.47 Å². The molecule has 0 fully saturated rings. The van der Waals surface area contributed by atoms with Crippen LogP contribution in [-0.2, 0) is 6.42 Å². The van der Waals surface area contributed by atoms with E-state index in [0.717, 1.165) is 45.5 Å². The van der Waals surface area contributed by atoms with Gasteiger partial charge in [-0.25, -0.2) is 4.52 Å². The highest BCUT2D eigenvalue weighted by Gasteiger charge is 2.15. The molecule has 0 aliphatic rings. The predicted octanol–water partition coefficient (Wildman–Crippen LogP) is 4.73. The highest BCUT2D eigenvalue weighted by molar-refractivity contribution is 6.01. The lowest BCUT2D eigenvalue weighted by atomic mass is 10.0. The van der Waals surface area contributed by atoms with Crippen molar-refractivity contribution in [2.24, 2.45) is 0 Å². The third kappa shape index (κ3) is 2.41. The number of hydrogen-bond acceptors (Lipinski definition) is 3. The summed E-state index contributed by atoms with van der Waals surface area (Å²) in [5.41, 5.74) is 4.54. The number of aromatic nitrogens is 2. The van der Waals surface area contributed by atoms with Gasteiger partial charge < -0.3 is 9.47 Å². The Morgan fingerprint density at radius 2 is 1.68 bits per heavy atom. The van der Waals surface area contributed by atoms with E-state index in [1.165, 1.54) is 5.56 Å². The van der Waals surface area contributed by atoms with Crippen molar-refractivity contribution >= 4 is 16.3 Å². The fourth-order valence-electron chi connectivity index (χ4n) is 3.35. The van der Waals surface area contributed by atoms with Crippen LogP contribution < -0.4 is 9.47 Å². The molecule has 0 atom stereocenters. The first-order chi connectivity index (χ1) is 12.3. The van der Waals surface area contributed by atoms with Crippen molar-refractivity contribution in [2.45, 2.75) is 13.3 Å². The Balaban J connectivity index is 2.15. The first-order valence-electron chi connectivity index (χ1n) is 8.37. The maximum absolute atomic E-state index is 5.50. The zero-order chi connectivity index (χ0) is 17.4. The summed E-state index contributed by atoms with van der Waals surface area (Å²) in [6.45, 7) is 2.15. The maximum atomic E-state index is 5.50. The van der Waals surface area contributed by atoms with Gasteiger partial charge in [0.2, 0.25) is 0 Å². The van der Waals surface area contributed by atoms with Crippen LogP contribution >= 0.6 is 0 Å². The summed E-state index contributed by atoms with van der Waals surface area (Å²) in [5, 5.41) is 6.89. The third-order valence-corrected chi connectivity index (χ3v) is 4.63. The lowest BCUT2D eigenvalue weighted by Crippen LogP contribution is -1.97. The fraction of sp³-hybridized carbons (Fsp3) is 0.190. The minimum Gasteiger partial charge on any atom is -0.493 e. The summed E-state index contributed by atoms with van der Waals surface area (Å²) in [7, 11) is 3.33. The summed E-state index contributed by atoms with van der Waals surface area (Å²) in [6.07, 6.45) is 2.88. The van der Waals surface area contributed by atoms with Crippen molar-refractivity contribution in [3.05, 3.63) is 60.3 Å². The van der Waals surface area contributed by atoms with Crippen molar-refractivity contribution in [1.82, 2.24) is 9.61 Å². The normalized spacial score (nSPS) is 11.2.